The molecular formula is C11H9NO3. The van der Waals surface area contributed by atoms with Gasteiger partial charge >= 0.3 is 0 Å². The topological polar surface area (TPSA) is 59.6 Å². The fourth-order valence-corrected chi connectivity index (χ4v) is 1.57. The number of aryl methyl sites for hydroxylation is 2. The summed E-state index contributed by atoms with van der Waals surface area (Å²) >= 11 is 0. The summed E-state index contributed by atoms with van der Waals surface area (Å²) in [5.74, 6) is 0.527. The molecule has 0 unspecified atom stereocenters. The first-order valence-corrected chi connectivity index (χ1v) is 4.51. The normalized spacial score (nSPS) is 10.5. The van der Waals surface area contributed by atoms with Crippen molar-refractivity contribution in [3.8, 4) is 0 Å². The largest absolute Gasteiger partial charge is 0.461 e. The van der Waals surface area contributed by atoms with Gasteiger partial charge in [-0.3, -0.25) is 4.79 Å². The molecule has 0 atom stereocenters. The molecule has 0 amide bonds. The number of benzene rings is 1. The Kier molecular flexibility index (Phi) is 2.11. The van der Waals surface area contributed by atoms with E-state index in [-0.39, 0.29) is 16.5 Å². The van der Waals surface area contributed by atoms with Gasteiger partial charge in [0.05, 0.1) is 5.39 Å². The van der Waals surface area contributed by atoms with Crippen molar-refractivity contribution in [2.75, 3.05) is 0 Å². The molecule has 1 heterocycles. The van der Waals surface area contributed by atoms with Gasteiger partial charge in [-0.2, -0.15) is 0 Å². The van der Waals surface area contributed by atoms with Gasteiger partial charge in [0.1, 0.15) is 17.0 Å². The van der Waals surface area contributed by atoms with Crippen LogP contribution < -0.4 is 5.43 Å². The van der Waals surface area contributed by atoms with Crippen molar-refractivity contribution in [1.82, 2.24) is 0 Å². The van der Waals surface area contributed by atoms with Gasteiger partial charge in [0.2, 0.25) is 0 Å². The monoisotopic (exact) mass is 203 g/mol. The van der Waals surface area contributed by atoms with Crippen molar-refractivity contribution in [2.24, 2.45) is 5.18 Å². The maximum atomic E-state index is 11.7. The highest BCUT2D eigenvalue weighted by Crippen LogP contribution is 2.26. The van der Waals surface area contributed by atoms with Crippen molar-refractivity contribution < 1.29 is 4.42 Å². The van der Waals surface area contributed by atoms with Crippen LogP contribution in [0.15, 0.2) is 32.6 Å². The fraction of sp³-hybridized carbons (Fsp3) is 0.182. The van der Waals surface area contributed by atoms with Gasteiger partial charge in [-0.15, -0.1) is 4.91 Å². The lowest BCUT2D eigenvalue weighted by Crippen LogP contribution is -2.01. The zero-order valence-electron chi connectivity index (χ0n) is 8.40. The summed E-state index contributed by atoms with van der Waals surface area (Å²) < 4.78 is 5.42. The molecule has 0 saturated heterocycles. The van der Waals surface area contributed by atoms with E-state index in [0.29, 0.717) is 11.3 Å². The van der Waals surface area contributed by atoms with E-state index in [1.165, 1.54) is 12.1 Å². The highest BCUT2D eigenvalue weighted by Gasteiger charge is 2.10. The van der Waals surface area contributed by atoms with Crippen LogP contribution in [0.25, 0.3) is 11.0 Å². The Bertz CT molecular complexity index is 599. The Morgan fingerprint density at radius 3 is 2.67 bits per heavy atom. The first-order valence-electron chi connectivity index (χ1n) is 4.51. The Morgan fingerprint density at radius 2 is 2.00 bits per heavy atom. The number of hydrogen-bond acceptors (Lipinski definition) is 4. The summed E-state index contributed by atoms with van der Waals surface area (Å²) in [6.45, 7) is 3.51. The van der Waals surface area contributed by atoms with Crippen LogP contribution in [0.3, 0.4) is 0 Å². The van der Waals surface area contributed by atoms with Crippen LogP contribution >= 0.6 is 0 Å². The number of hydrogen-bond donors (Lipinski definition) is 0. The number of nitroso groups, excluding NO2 is 1. The van der Waals surface area contributed by atoms with E-state index < -0.39 is 0 Å². The van der Waals surface area contributed by atoms with Crippen LogP contribution in [0.4, 0.5) is 5.69 Å². The van der Waals surface area contributed by atoms with Gasteiger partial charge in [0, 0.05) is 6.07 Å². The van der Waals surface area contributed by atoms with Crippen LogP contribution in [0.5, 0.6) is 0 Å². The van der Waals surface area contributed by atoms with Crippen molar-refractivity contribution in [3.63, 3.8) is 0 Å². The van der Waals surface area contributed by atoms with Crippen molar-refractivity contribution >= 4 is 16.7 Å². The van der Waals surface area contributed by atoms with E-state index in [0.717, 1.165) is 5.56 Å². The SMILES string of the molecule is Cc1cc(=O)c2c(N=O)ccc(C)c2o1. The van der Waals surface area contributed by atoms with Crippen LogP contribution in [-0.4, -0.2) is 0 Å². The molecule has 76 valence electrons. The van der Waals surface area contributed by atoms with Gasteiger partial charge in [0.25, 0.3) is 0 Å². The number of nitrogens with zero attached hydrogens (tertiary/aromatic N) is 1. The Balaban J connectivity index is 3.07. The molecule has 0 aliphatic carbocycles. The highest BCUT2D eigenvalue weighted by atomic mass is 16.3. The lowest BCUT2D eigenvalue weighted by molar-refractivity contribution is 0.562. The molecule has 0 aliphatic heterocycles. The predicted octanol–water partition coefficient (Wildman–Crippen LogP) is 2.81. The summed E-state index contributed by atoms with van der Waals surface area (Å²) in [6.07, 6.45) is 0. The van der Waals surface area contributed by atoms with E-state index in [1.54, 1.807) is 13.0 Å². The Labute approximate surface area is 85.5 Å². The molecule has 4 nitrogen and oxygen atoms in total. The van der Waals surface area contributed by atoms with Crippen molar-refractivity contribution in [3.05, 3.63) is 44.7 Å². The van der Waals surface area contributed by atoms with E-state index >= 15 is 0 Å². The molecule has 1 aromatic carbocycles. The maximum Gasteiger partial charge on any atom is 0.195 e. The Hall–Kier alpha value is -1.97. The van der Waals surface area contributed by atoms with Crippen LogP contribution in [-0.2, 0) is 0 Å². The molecule has 0 spiro atoms. The first-order chi connectivity index (χ1) is 7.13. The summed E-state index contributed by atoms with van der Waals surface area (Å²) in [6, 6.07) is 4.59. The third kappa shape index (κ3) is 1.44. The fourth-order valence-electron chi connectivity index (χ4n) is 1.57. The quantitative estimate of drug-likeness (QED) is 0.669. The molecule has 0 saturated carbocycles. The molecule has 4 heteroatoms. The van der Waals surface area contributed by atoms with Crippen molar-refractivity contribution in [2.45, 2.75) is 13.8 Å². The molecule has 2 aromatic rings. The second-order valence-corrected chi connectivity index (χ2v) is 3.42. The second-order valence-electron chi connectivity index (χ2n) is 3.42. The number of fused-ring (bicyclic) bond motifs is 1. The minimum atomic E-state index is -0.230. The van der Waals surface area contributed by atoms with E-state index in [4.69, 9.17) is 4.42 Å². The average Bonchev–Trinajstić information content (AvgIpc) is 2.19. The van der Waals surface area contributed by atoms with E-state index in [9.17, 15) is 9.70 Å². The van der Waals surface area contributed by atoms with E-state index in [1.807, 2.05) is 6.92 Å². The third-order valence-corrected chi connectivity index (χ3v) is 2.27. The van der Waals surface area contributed by atoms with Crippen molar-refractivity contribution in [1.29, 1.82) is 0 Å². The van der Waals surface area contributed by atoms with Crippen LogP contribution in [0.1, 0.15) is 11.3 Å². The smallest absolute Gasteiger partial charge is 0.195 e. The molecule has 2 rings (SSSR count). The van der Waals surface area contributed by atoms with Crippen LogP contribution in [0, 0.1) is 18.8 Å². The molecular weight excluding hydrogens is 194 g/mol. The minimum absolute atomic E-state index is 0.129. The predicted molar refractivity (Wildman–Crippen MR) is 57.4 cm³/mol. The highest BCUT2D eigenvalue weighted by molar-refractivity contribution is 5.90. The lowest BCUT2D eigenvalue weighted by atomic mass is 10.1. The van der Waals surface area contributed by atoms with Gasteiger partial charge in [-0.25, -0.2) is 0 Å². The second kappa shape index (κ2) is 3.31. The molecule has 1 aromatic heterocycles. The average molecular weight is 203 g/mol. The van der Waals surface area contributed by atoms with Gasteiger partial charge in [0.15, 0.2) is 5.43 Å². The maximum absolute atomic E-state index is 11.7. The zero-order chi connectivity index (χ0) is 11.0. The zero-order valence-corrected chi connectivity index (χ0v) is 8.40. The third-order valence-electron chi connectivity index (χ3n) is 2.27. The summed E-state index contributed by atoms with van der Waals surface area (Å²) in [5.41, 5.74) is 1.16. The van der Waals surface area contributed by atoms with E-state index in [2.05, 4.69) is 5.18 Å². The standard InChI is InChI=1S/C11H9NO3/c1-6-3-4-8(12-14)10-9(13)5-7(2)15-11(6)10/h3-5H,1-2H3. The van der Waals surface area contributed by atoms with Gasteiger partial charge < -0.3 is 4.42 Å². The molecule has 0 N–H and O–H groups in total. The van der Waals surface area contributed by atoms with Gasteiger partial charge in [-0.1, -0.05) is 6.07 Å². The van der Waals surface area contributed by atoms with Gasteiger partial charge in [-0.05, 0) is 30.7 Å². The molecule has 0 bridgehead atoms. The summed E-state index contributed by atoms with van der Waals surface area (Å²) in [7, 11) is 0. The molecule has 0 fully saturated rings. The number of rotatable bonds is 1. The molecule has 0 aliphatic rings. The lowest BCUT2D eigenvalue weighted by Gasteiger charge is -2.02. The Morgan fingerprint density at radius 1 is 1.27 bits per heavy atom. The summed E-state index contributed by atoms with van der Waals surface area (Å²) in [5, 5.41) is 3.08. The minimum Gasteiger partial charge on any atom is -0.461 e. The molecule has 15 heavy (non-hydrogen) atoms. The first kappa shape index (κ1) is 9.58. The van der Waals surface area contributed by atoms with Crippen LogP contribution in [0.2, 0.25) is 0 Å². The molecule has 0 radical (unpaired) electrons. The summed E-state index contributed by atoms with van der Waals surface area (Å²) in [4.78, 5) is 22.2.